The highest BCUT2D eigenvalue weighted by molar-refractivity contribution is 8.00. The third-order valence-corrected chi connectivity index (χ3v) is 3.88. The topological polar surface area (TPSA) is 12.0 Å². The minimum atomic E-state index is 0.699. The first-order valence-electron chi connectivity index (χ1n) is 4.04. The molecule has 1 N–H and O–H groups in total. The number of hydrogen-bond acceptors (Lipinski definition) is 2. The van der Waals surface area contributed by atoms with Crippen molar-refractivity contribution in [1.82, 2.24) is 5.32 Å². The van der Waals surface area contributed by atoms with Gasteiger partial charge in [0.2, 0.25) is 0 Å². The van der Waals surface area contributed by atoms with E-state index >= 15 is 0 Å². The minimum Gasteiger partial charge on any atom is -0.317 e. The molecule has 2 heteroatoms. The molecule has 60 valence electrons. The van der Waals surface area contributed by atoms with Gasteiger partial charge >= 0.3 is 0 Å². The first-order chi connectivity index (χ1) is 4.75. The molecule has 3 atom stereocenters. The number of hydrogen-bond donors (Lipinski definition) is 1. The van der Waals surface area contributed by atoms with Gasteiger partial charge in [-0.05, 0) is 32.1 Å². The molecule has 0 aromatic rings. The molecule has 3 unspecified atom stereocenters. The average molecular weight is 159 g/mol. The van der Waals surface area contributed by atoms with Crippen LogP contribution in [0.15, 0.2) is 0 Å². The van der Waals surface area contributed by atoms with Crippen LogP contribution in [0.2, 0.25) is 0 Å². The summed E-state index contributed by atoms with van der Waals surface area (Å²) in [5, 5.41) is 4.19. The van der Waals surface area contributed by atoms with Gasteiger partial charge in [0.1, 0.15) is 0 Å². The lowest BCUT2D eigenvalue weighted by molar-refractivity contribution is 0.397. The predicted octanol–water partition coefficient (Wildman–Crippen LogP) is 1.74. The maximum Gasteiger partial charge on any atom is 0.00747 e. The molecule has 1 fully saturated rings. The molecule has 1 saturated heterocycles. The van der Waals surface area contributed by atoms with E-state index in [2.05, 4.69) is 38.0 Å². The maximum atomic E-state index is 3.32. The molecule has 1 nitrogen and oxygen atoms in total. The summed E-state index contributed by atoms with van der Waals surface area (Å²) >= 11 is 2.11. The van der Waals surface area contributed by atoms with Crippen molar-refractivity contribution in [2.24, 2.45) is 5.92 Å². The SMILES string of the molecule is CNC(C)C1CCSC1C. The standard InChI is InChI=1S/C8H17NS/c1-6(9-3)8-4-5-10-7(8)2/h6-9H,4-5H2,1-3H3. The lowest BCUT2D eigenvalue weighted by Gasteiger charge is -2.21. The van der Waals surface area contributed by atoms with Crippen molar-refractivity contribution in [3.05, 3.63) is 0 Å². The Hall–Kier alpha value is 0.310. The monoisotopic (exact) mass is 159 g/mol. The van der Waals surface area contributed by atoms with E-state index in [-0.39, 0.29) is 0 Å². The van der Waals surface area contributed by atoms with E-state index in [1.807, 2.05) is 0 Å². The molecule has 1 aliphatic heterocycles. The second-order valence-electron chi connectivity index (χ2n) is 3.11. The van der Waals surface area contributed by atoms with Crippen molar-refractivity contribution in [3.63, 3.8) is 0 Å². The van der Waals surface area contributed by atoms with Crippen molar-refractivity contribution >= 4 is 11.8 Å². The van der Waals surface area contributed by atoms with Crippen LogP contribution in [0.25, 0.3) is 0 Å². The Morgan fingerprint density at radius 3 is 2.70 bits per heavy atom. The van der Waals surface area contributed by atoms with Gasteiger partial charge in [0.15, 0.2) is 0 Å². The Morgan fingerprint density at radius 2 is 2.30 bits per heavy atom. The molecular formula is C8H17NS. The molecule has 0 saturated carbocycles. The molecule has 10 heavy (non-hydrogen) atoms. The maximum absolute atomic E-state index is 3.32. The van der Waals surface area contributed by atoms with Gasteiger partial charge in [0.25, 0.3) is 0 Å². The summed E-state index contributed by atoms with van der Waals surface area (Å²) in [5.41, 5.74) is 0. The van der Waals surface area contributed by atoms with Crippen LogP contribution in [0.4, 0.5) is 0 Å². The average Bonchev–Trinajstić information content (AvgIpc) is 2.34. The zero-order valence-corrected chi connectivity index (χ0v) is 7.87. The lowest BCUT2D eigenvalue weighted by atomic mass is 9.96. The van der Waals surface area contributed by atoms with Crippen LogP contribution in [0, 0.1) is 5.92 Å². The van der Waals surface area contributed by atoms with E-state index in [1.54, 1.807) is 0 Å². The van der Waals surface area contributed by atoms with Crippen LogP contribution in [-0.4, -0.2) is 24.1 Å². The summed E-state index contributed by atoms with van der Waals surface area (Å²) in [6.07, 6.45) is 1.40. The quantitative estimate of drug-likeness (QED) is 0.658. The summed E-state index contributed by atoms with van der Waals surface area (Å²) in [5.74, 6) is 2.26. The van der Waals surface area contributed by atoms with E-state index in [0.717, 1.165) is 11.2 Å². The molecular weight excluding hydrogens is 142 g/mol. The van der Waals surface area contributed by atoms with Crippen molar-refractivity contribution in [2.75, 3.05) is 12.8 Å². The van der Waals surface area contributed by atoms with Crippen molar-refractivity contribution in [2.45, 2.75) is 31.6 Å². The van der Waals surface area contributed by atoms with E-state index < -0.39 is 0 Å². The largest absolute Gasteiger partial charge is 0.317 e. The van der Waals surface area contributed by atoms with Crippen LogP contribution in [-0.2, 0) is 0 Å². The van der Waals surface area contributed by atoms with Crippen molar-refractivity contribution < 1.29 is 0 Å². The third kappa shape index (κ3) is 1.67. The van der Waals surface area contributed by atoms with E-state index in [4.69, 9.17) is 0 Å². The molecule has 1 rings (SSSR count). The van der Waals surface area contributed by atoms with Gasteiger partial charge < -0.3 is 5.32 Å². The smallest absolute Gasteiger partial charge is 0.00747 e. The summed E-state index contributed by atoms with van der Waals surface area (Å²) in [6, 6.07) is 0.699. The Bertz CT molecular complexity index is 105. The summed E-state index contributed by atoms with van der Waals surface area (Å²) in [7, 11) is 2.06. The summed E-state index contributed by atoms with van der Waals surface area (Å²) < 4.78 is 0. The van der Waals surface area contributed by atoms with Gasteiger partial charge in [-0.3, -0.25) is 0 Å². The first-order valence-corrected chi connectivity index (χ1v) is 5.09. The Morgan fingerprint density at radius 1 is 1.60 bits per heavy atom. The Labute approximate surface area is 68.0 Å². The van der Waals surface area contributed by atoms with Crippen LogP contribution >= 0.6 is 11.8 Å². The van der Waals surface area contributed by atoms with Crippen LogP contribution in [0.3, 0.4) is 0 Å². The molecule has 0 radical (unpaired) electrons. The Kier molecular flexibility index (Phi) is 3.05. The molecule has 1 heterocycles. The zero-order valence-electron chi connectivity index (χ0n) is 7.05. The summed E-state index contributed by atoms with van der Waals surface area (Å²) in [6.45, 7) is 4.63. The van der Waals surface area contributed by atoms with Crippen LogP contribution < -0.4 is 5.32 Å². The van der Waals surface area contributed by atoms with E-state index in [9.17, 15) is 0 Å². The number of nitrogens with one attached hydrogen (secondary N) is 1. The van der Waals surface area contributed by atoms with E-state index in [0.29, 0.717) is 6.04 Å². The van der Waals surface area contributed by atoms with Gasteiger partial charge in [0.05, 0.1) is 0 Å². The van der Waals surface area contributed by atoms with Crippen molar-refractivity contribution in [1.29, 1.82) is 0 Å². The lowest BCUT2D eigenvalue weighted by Crippen LogP contribution is -2.33. The van der Waals surface area contributed by atoms with Gasteiger partial charge in [-0.2, -0.15) is 11.8 Å². The second-order valence-corrected chi connectivity index (χ2v) is 4.59. The highest BCUT2D eigenvalue weighted by atomic mass is 32.2. The molecule has 0 aromatic carbocycles. The highest BCUT2D eigenvalue weighted by Crippen LogP contribution is 2.33. The van der Waals surface area contributed by atoms with Gasteiger partial charge in [0, 0.05) is 11.3 Å². The molecule has 1 aliphatic rings. The normalized spacial score (nSPS) is 36.3. The van der Waals surface area contributed by atoms with Crippen LogP contribution in [0.1, 0.15) is 20.3 Å². The third-order valence-electron chi connectivity index (χ3n) is 2.53. The fourth-order valence-electron chi connectivity index (χ4n) is 1.62. The van der Waals surface area contributed by atoms with Gasteiger partial charge in [-0.1, -0.05) is 6.92 Å². The molecule has 0 aliphatic carbocycles. The zero-order chi connectivity index (χ0) is 7.56. The number of rotatable bonds is 2. The fraction of sp³-hybridized carbons (Fsp3) is 1.00. The molecule has 0 aromatic heterocycles. The Balaban J connectivity index is 2.38. The number of thioether (sulfide) groups is 1. The van der Waals surface area contributed by atoms with Gasteiger partial charge in [-0.25, -0.2) is 0 Å². The molecule has 0 spiro atoms. The van der Waals surface area contributed by atoms with E-state index in [1.165, 1.54) is 12.2 Å². The van der Waals surface area contributed by atoms with Gasteiger partial charge in [-0.15, -0.1) is 0 Å². The fourth-order valence-corrected chi connectivity index (χ4v) is 3.02. The van der Waals surface area contributed by atoms with Crippen LogP contribution in [0.5, 0.6) is 0 Å². The second kappa shape index (κ2) is 3.63. The highest BCUT2D eigenvalue weighted by Gasteiger charge is 2.27. The predicted molar refractivity (Wildman–Crippen MR) is 48.5 cm³/mol. The summed E-state index contributed by atoms with van der Waals surface area (Å²) in [4.78, 5) is 0. The minimum absolute atomic E-state index is 0.699. The molecule has 0 amide bonds. The first kappa shape index (κ1) is 8.41. The van der Waals surface area contributed by atoms with Crippen molar-refractivity contribution in [3.8, 4) is 0 Å². The molecule has 0 bridgehead atoms.